The fourth-order valence-electron chi connectivity index (χ4n) is 4.50. The molecule has 0 aliphatic carbocycles. The Kier molecular flexibility index (Phi) is 7.77. The van der Waals surface area contributed by atoms with Gasteiger partial charge in [-0.2, -0.15) is 5.10 Å². The van der Waals surface area contributed by atoms with Gasteiger partial charge in [-0.1, -0.05) is 0 Å². The first-order valence-electron chi connectivity index (χ1n) is 12.8. The van der Waals surface area contributed by atoms with Crippen LogP contribution in [0, 0.1) is 5.92 Å². The number of carbonyl (C=O) groups is 1. The number of ether oxygens (including phenoxy) is 1. The summed E-state index contributed by atoms with van der Waals surface area (Å²) in [6, 6.07) is 18.3. The third-order valence-corrected chi connectivity index (χ3v) is 6.56. The molecule has 0 bridgehead atoms. The number of nitrogens with one attached hydrogen (secondary N) is 1. The second-order valence-corrected chi connectivity index (χ2v) is 9.04. The number of amides is 1. The van der Waals surface area contributed by atoms with Crippen LogP contribution in [0.25, 0.3) is 22.7 Å². The molecule has 10 nitrogen and oxygen atoms in total. The molecule has 5 rings (SSSR count). The lowest BCUT2D eigenvalue weighted by atomic mass is 9.96. The second kappa shape index (κ2) is 11.7. The number of hydrogen-bond acceptors (Lipinski definition) is 8. The van der Waals surface area contributed by atoms with Gasteiger partial charge < -0.3 is 19.4 Å². The smallest absolute Gasteiger partial charge is 0.266 e. The van der Waals surface area contributed by atoms with E-state index in [1.54, 1.807) is 12.3 Å². The molecule has 0 atom stereocenters. The Morgan fingerprint density at radius 1 is 1.03 bits per heavy atom. The lowest BCUT2D eigenvalue weighted by Gasteiger charge is -2.31. The van der Waals surface area contributed by atoms with Gasteiger partial charge in [0.1, 0.15) is 11.4 Å². The van der Waals surface area contributed by atoms with Gasteiger partial charge in [-0.15, -0.1) is 10.2 Å². The van der Waals surface area contributed by atoms with Crippen molar-refractivity contribution in [3.63, 3.8) is 0 Å². The first-order valence-corrected chi connectivity index (χ1v) is 12.8. The van der Waals surface area contributed by atoms with Crippen LogP contribution in [0.15, 0.2) is 76.1 Å². The van der Waals surface area contributed by atoms with Crippen LogP contribution < -0.4 is 20.5 Å². The van der Waals surface area contributed by atoms with Crippen molar-refractivity contribution in [2.45, 2.75) is 26.3 Å². The molecular weight excluding hydrogens is 484 g/mol. The summed E-state index contributed by atoms with van der Waals surface area (Å²) in [6.07, 6.45) is 3.05. The summed E-state index contributed by atoms with van der Waals surface area (Å²) in [7, 11) is 0. The number of carbonyl (C=O) groups excluding carboxylic acids is 1. The highest BCUT2D eigenvalue weighted by Gasteiger charge is 2.25. The zero-order chi connectivity index (χ0) is 26.3. The number of aromatic nitrogens is 4. The minimum atomic E-state index is -0.207. The van der Waals surface area contributed by atoms with Crippen molar-refractivity contribution in [1.29, 1.82) is 0 Å². The molecule has 0 saturated carbocycles. The summed E-state index contributed by atoms with van der Waals surface area (Å²) in [5.41, 5.74) is 2.05. The molecule has 1 N–H and O–H groups in total. The molecule has 1 amide bonds. The Morgan fingerprint density at radius 3 is 2.50 bits per heavy atom. The first kappa shape index (κ1) is 25.2. The number of hydrogen-bond donors (Lipinski definition) is 1. The molecule has 1 aliphatic heterocycles. The number of piperidine rings is 1. The third kappa shape index (κ3) is 5.91. The van der Waals surface area contributed by atoms with Gasteiger partial charge in [-0.05, 0) is 74.4 Å². The van der Waals surface area contributed by atoms with E-state index in [1.165, 1.54) is 10.7 Å². The van der Waals surface area contributed by atoms with Gasteiger partial charge in [0.25, 0.3) is 5.56 Å². The van der Waals surface area contributed by atoms with Crippen LogP contribution in [0.2, 0.25) is 0 Å². The molecule has 1 fully saturated rings. The molecule has 0 radical (unpaired) electrons. The monoisotopic (exact) mass is 514 g/mol. The van der Waals surface area contributed by atoms with E-state index in [2.05, 4.69) is 25.5 Å². The SMILES string of the molecule is CCOc1ccc(-c2ccc(=O)n(CCNC(=O)C3CCN(c4ccc(-c5ccco5)nn4)CC3)n2)cc1. The predicted octanol–water partition coefficient (Wildman–Crippen LogP) is 3.39. The Hall–Kier alpha value is -4.47. The number of rotatable bonds is 9. The predicted molar refractivity (Wildman–Crippen MR) is 143 cm³/mol. The van der Waals surface area contributed by atoms with E-state index in [1.807, 2.05) is 55.5 Å². The average Bonchev–Trinajstić information content (AvgIpc) is 3.50. The normalized spacial score (nSPS) is 13.9. The number of furan rings is 1. The van der Waals surface area contributed by atoms with Gasteiger partial charge in [0.05, 0.1) is 25.1 Å². The number of benzene rings is 1. The highest BCUT2D eigenvalue weighted by Crippen LogP contribution is 2.24. The average molecular weight is 515 g/mol. The Bertz CT molecular complexity index is 1390. The third-order valence-electron chi connectivity index (χ3n) is 6.56. The molecular formula is C28H30N6O4. The zero-order valence-corrected chi connectivity index (χ0v) is 21.2. The van der Waals surface area contributed by atoms with Crippen LogP contribution >= 0.6 is 0 Å². The topological polar surface area (TPSA) is 115 Å². The first-order chi connectivity index (χ1) is 18.6. The largest absolute Gasteiger partial charge is 0.494 e. The molecule has 10 heteroatoms. The Labute approximate surface area is 220 Å². The molecule has 196 valence electrons. The van der Waals surface area contributed by atoms with Crippen LogP contribution in [0.1, 0.15) is 19.8 Å². The van der Waals surface area contributed by atoms with E-state index in [9.17, 15) is 9.59 Å². The van der Waals surface area contributed by atoms with Gasteiger partial charge >= 0.3 is 0 Å². The van der Waals surface area contributed by atoms with Crippen molar-refractivity contribution in [3.8, 4) is 28.5 Å². The minimum absolute atomic E-state index is 0.000354. The lowest BCUT2D eigenvalue weighted by molar-refractivity contribution is -0.125. The van der Waals surface area contributed by atoms with Gasteiger partial charge in [-0.25, -0.2) is 4.68 Å². The molecule has 1 saturated heterocycles. The van der Waals surface area contributed by atoms with E-state index in [-0.39, 0.29) is 17.4 Å². The minimum Gasteiger partial charge on any atom is -0.494 e. The second-order valence-electron chi connectivity index (χ2n) is 9.04. The molecule has 0 unspecified atom stereocenters. The van der Waals surface area contributed by atoms with Crippen LogP contribution in [0.5, 0.6) is 5.75 Å². The van der Waals surface area contributed by atoms with Crippen LogP contribution in [0.4, 0.5) is 5.82 Å². The van der Waals surface area contributed by atoms with E-state index < -0.39 is 0 Å². The summed E-state index contributed by atoms with van der Waals surface area (Å²) in [5, 5.41) is 16.0. The summed E-state index contributed by atoms with van der Waals surface area (Å²) < 4.78 is 12.2. The maximum atomic E-state index is 12.8. The molecule has 3 aromatic heterocycles. The quantitative estimate of drug-likeness (QED) is 0.361. The maximum absolute atomic E-state index is 12.8. The molecule has 1 aliphatic rings. The number of anilines is 1. The lowest BCUT2D eigenvalue weighted by Crippen LogP contribution is -2.42. The molecule has 4 heterocycles. The summed E-state index contributed by atoms with van der Waals surface area (Å²) in [6.45, 7) is 4.61. The van der Waals surface area contributed by atoms with Crippen molar-refractivity contribution in [2.24, 2.45) is 5.92 Å². The maximum Gasteiger partial charge on any atom is 0.266 e. The van der Waals surface area contributed by atoms with E-state index in [4.69, 9.17) is 9.15 Å². The number of nitrogens with zero attached hydrogens (tertiary/aromatic N) is 5. The van der Waals surface area contributed by atoms with Gasteiger partial charge in [-0.3, -0.25) is 9.59 Å². The fraction of sp³-hybridized carbons (Fsp3) is 0.321. The van der Waals surface area contributed by atoms with Crippen molar-refractivity contribution in [1.82, 2.24) is 25.3 Å². The van der Waals surface area contributed by atoms with Crippen LogP contribution in [0.3, 0.4) is 0 Å². The van der Waals surface area contributed by atoms with Crippen molar-refractivity contribution in [3.05, 3.63) is 77.3 Å². The zero-order valence-electron chi connectivity index (χ0n) is 21.2. The van der Waals surface area contributed by atoms with Crippen molar-refractivity contribution < 1.29 is 13.9 Å². The van der Waals surface area contributed by atoms with E-state index >= 15 is 0 Å². The summed E-state index contributed by atoms with van der Waals surface area (Å²) >= 11 is 0. The van der Waals surface area contributed by atoms with Gasteiger partial charge in [0, 0.05) is 37.2 Å². The Balaban J connectivity index is 1.11. The van der Waals surface area contributed by atoms with Crippen molar-refractivity contribution in [2.75, 3.05) is 31.1 Å². The van der Waals surface area contributed by atoms with Gasteiger partial charge in [0.2, 0.25) is 5.91 Å². The standard InChI is InChI=1S/C28H30N6O4/c1-2-37-22-7-5-20(6-8-22)23-10-12-27(35)34(32-23)18-15-29-28(36)21-13-16-33(17-14-21)26-11-9-24(30-31-26)25-4-3-19-38-25/h3-12,19,21H,2,13-18H2,1H3,(H,29,36). The molecule has 0 spiro atoms. The van der Waals surface area contributed by atoms with Crippen LogP contribution in [-0.2, 0) is 11.3 Å². The van der Waals surface area contributed by atoms with Crippen LogP contribution in [-0.4, -0.2) is 52.1 Å². The highest BCUT2D eigenvalue weighted by molar-refractivity contribution is 5.79. The van der Waals surface area contributed by atoms with Gasteiger partial charge in [0.15, 0.2) is 11.6 Å². The Morgan fingerprint density at radius 2 is 1.82 bits per heavy atom. The van der Waals surface area contributed by atoms with Crippen molar-refractivity contribution >= 4 is 11.7 Å². The molecule has 38 heavy (non-hydrogen) atoms. The summed E-state index contributed by atoms with van der Waals surface area (Å²) in [5.74, 6) is 2.17. The molecule has 4 aromatic rings. The fourth-order valence-corrected chi connectivity index (χ4v) is 4.50. The van der Waals surface area contributed by atoms with E-state index in [0.717, 1.165) is 43.1 Å². The molecule has 1 aromatic carbocycles. The highest BCUT2D eigenvalue weighted by atomic mass is 16.5. The summed E-state index contributed by atoms with van der Waals surface area (Å²) in [4.78, 5) is 27.2. The van der Waals surface area contributed by atoms with E-state index in [0.29, 0.717) is 36.8 Å².